The summed E-state index contributed by atoms with van der Waals surface area (Å²) in [5.41, 5.74) is 5.26. The molecule has 0 aliphatic carbocycles. The predicted molar refractivity (Wildman–Crippen MR) is 164 cm³/mol. The highest BCUT2D eigenvalue weighted by Crippen LogP contribution is 2.38. The number of rotatable bonds is 5. The molecule has 1 aromatic heterocycles. The van der Waals surface area contributed by atoms with Gasteiger partial charge in [0.25, 0.3) is 0 Å². The summed E-state index contributed by atoms with van der Waals surface area (Å²) in [6.07, 6.45) is 3.89. The lowest BCUT2D eigenvalue weighted by atomic mass is 9.78. The van der Waals surface area contributed by atoms with Gasteiger partial charge in [0.05, 0.1) is 17.1 Å². The third-order valence-corrected chi connectivity index (χ3v) is 9.44. The first-order valence-corrected chi connectivity index (χ1v) is 15.1. The number of hydrogen-bond acceptors (Lipinski definition) is 4. The Hall–Kier alpha value is -4.66. The molecule has 4 amide bonds. The van der Waals surface area contributed by atoms with E-state index in [0.29, 0.717) is 52.0 Å². The lowest BCUT2D eigenvalue weighted by Gasteiger charge is -2.41. The molecule has 0 saturated carbocycles. The van der Waals surface area contributed by atoms with Crippen molar-refractivity contribution in [3.63, 3.8) is 0 Å². The van der Waals surface area contributed by atoms with Crippen molar-refractivity contribution in [3.8, 4) is 0 Å². The van der Waals surface area contributed by atoms with E-state index in [1.54, 1.807) is 0 Å². The van der Waals surface area contributed by atoms with Crippen molar-refractivity contribution >= 4 is 34.4 Å². The summed E-state index contributed by atoms with van der Waals surface area (Å²) in [5.74, 6) is -0.00803. The molecule has 9 heteroatoms. The molecule has 7 rings (SSSR count). The number of urea groups is 1. The molecule has 43 heavy (non-hydrogen) atoms. The Morgan fingerprint density at radius 3 is 2.53 bits per heavy atom. The molecular weight excluding hydrogens is 540 g/mol. The van der Waals surface area contributed by atoms with Gasteiger partial charge in [0, 0.05) is 56.3 Å². The number of amides is 4. The first-order chi connectivity index (χ1) is 20.9. The number of piperidine rings is 1. The summed E-state index contributed by atoms with van der Waals surface area (Å²) in [6.45, 7) is 4.61. The van der Waals surface area contributed by atoms with E-state index in [1.165, 1.54) is 0 Å². The Balaban J connectivity index is 1.09. The number of carbonyl (C=O) groups is 3. The average Bonchev–Trinajstić information content (AvgIpc) is 3.47. The van der Waals surface area contributed by atoms with Crippen LogP contribution in [0.3, 0.4) is 0 Å². The lowest BCUT2D eigenvalue weighted by Crippen LogP contribution is -2.52. The third kappa shape index (κ3) is 5.13. The summed E-state index contributed by atoms with van der Waals surface area (Å²) in [5, 5.41) is 11.3. The summed E-state index contributed by atoms with van der Waals surface area (Å²) >= 11 is 0. The van der Waals surface area contributed by atoms with Gasteiger partial charge in [0.15, 0.2) is 0 Å². The molecule has 1 saturated heterocycles. The SMILES string of the molecule is C[C@@]1(CC(=O)N2CCC(N3Cc4ccccc4NC3=O)CC2)Cc2ccc3[nH]ncc3c2CN(Cc2ccccc2)C1=O. The molecule has 1 atom stereocenters. The molecule has 3 aromatic carbocycles. The molecular formula is C34H36N6O3. The van der Waals surface area contributed by atoms with Crippen LogP contribution in [0.1, 0.15) is 48.4 Å². The second-order valence-electron chi connectivity index (χ2n) is 12.4. The second-order valence-corrected chi connectivity index (χ2v) is 12.4. The van der Waals surface area contributed by atoms with Gasteiger partial charge < -0.3 is 20.0 Å². The number of nitrogens with zero attached hydrogens (tertiary/aromatic N) is 4. The number of aromatic nitrogens is 2. The Labute approximate surface area is 250 Å². The van der Waals surface area contributed by atoms with Crippen molar-refractivity contribution < 1.29 is 14.4 Å². The van der Waals surface area contributed by atoms with Crippen molar-refractivity contribution in [1.29, 1.82) is 0 Å². The van der Waals surface area contributed by atoms with Crippen molar-refractivity contribution in [2.75, 3.05) is 18.4 Å². The van der Waals surface area contributed by atoms with Crippen LogP contribution >= 0.6 is 0 Å². The van der Waals surface area contributed by atoms with E-state index in [0.717, 1.165) is 38.8 Å². The van der Waals surface area contributed by atoms with Crippen LogP contribution in [0.2, 0.25) is 0 Å². The number of benzene rings is 3. The van der Waals surface area contributed by atoms with Crippen molar-refractivity contribution in [2.45, 2.75) is 58.3 Å². The van der Waals surface area contributed by atoms with E-state index in [1.807, 2.05) is 88.5 Å². The molecule has 0 spiro atoms. The fraction of sp³-hybridized carbons (Fsp3) is 0.353. The number of nitrogens with one attached hydrogen (secondary N) is 2. The second kappa shape index (κ2) is 10.9. The summed E-state index contributed by atoms with van der Waals surface area (Å²) in [7, 11) is 0. The van der Waals surface area contributed by atoms with Crippen LogP contribution < -0.4 is 5.32 Å². The van der Waals surface area contributed by atoms with Crippen molar-refractivity contribution in [3.05, 3.63) is 95.2 Å². The Morgan fingerprint density at radius 1 is 0.953 bits per heavy atom. The molecule has 9 nitrogen and oxygen atoms in total. The highest BCUT2D eigenvalue weighted by Gasteiger charge is 2.43. The van der Waals surface area contributed by atoms with Gasteiger partial charge in [-0.3, -0.25) is 14.7 Å². The molecule has 4 aromatic rings. The largest absolute Gasteiger partial charge is 0.343 e. The highest BCUT2D eigenvalue weighted by molar-refractivity contribution is 5.93. The molecule has 0 bridgehead atoms. The molecule has 220 valence electrons. The minimum Gasteiger partial charge on any atom is -0.343 e. The summed E-state index contributed by atoms with van der Waals surface area (Å²) in [4.78, 5) is 46.7. The van der Waals surface area contributed by atoms with Gasteiger partial charge in [0.2, 0.25) is 11.8 Å². The number of hydrogen-bond donors (Lipinski definition) is 2. The zero-order valence-electron chi connectivity index (χ0n) is 24.4. The fourth-order valence-corrected chi connectivity index (χ4v) is 7.07. The number of carbonyl (C=O) groups excluding carboxylic acids is 3. The molecule has 0 radical (unpaired) electrons. The average molecular weight is 577 g/mol. The number of aromatic amines is 1. The van der Waals surface area contributed by atoms with Gasteiger partial charge in [-0.05, 0) is 60.6 Å². The Kier molecular flexibility index (Phi) is 6.88. The number of para-hydroxylation sites is 1. The normalized spacial score (nSPS) is 20.9. The van der Waals surface area contributed by atoms with Gasteiger partial charge in [-0.2, -0.15) is 5.10 Å². The zero-order chi connectivity index (χ0) is 29.6. The van der Waals surface area contributed by atoms with Gasteiger partial charge in [-0.25, -0.2) is 4.79 Å². The maximum atomic E-state index is 14.3. The predicted octanol–water partition coefficient (Wildman–Crippen LogP) is 5.08. The fourth-order valence-electron chi connectivity index (χ4n) is 7.07. The van der Waals surface area contributed by atoms with Crippen LogP contribution in [-0.2, 0) is 35.6 Å². The van der Waals surface area contributed by atoms with E-state index in [2.05, 4.69) is 21.6 Å². The van der Waals surface area contributed by atoms with E-state index < -0.39 is 5.41 Å². The molecule has 3 aliphatic heterocycles. The Morgan fingerprint density at radius 2 is 1.72 bits per heavy atom. The standard InChI is InChI=1S/C34H36N6O3/c1-34(18-31(41)38-15-13-26(14-16-38)40-21-25-9-5-6-10-29(25)36-33(40)43)17-24-11-12-30-27(19-35-37-30)28(24)22-39(32(34)42)20-23-7-3-2-4-8-23/h2-12,19,26H,13-18,20-22H2,1H3,(H,35,37)(H,36,43)/t34-/m0/s1. The first-order valence-electron chi connectivity index (χ1n) is 15.1. The van der Waals surface area contributed by atoms with Crippen LogP contribution in [0.15, 0.2) is 72.9 Å². The first kappa shape index (κ1) is 27.2. The Bertz CT molecular complexity index is 1690. The maximum absolute atomic E-state index is 14.3. The quantitative estimate of drug-likeness (QED) is 0.346. The summed E-state index contributed by atoms with van der Waals surface area (Å²) in [6, 6.07) is 22.0. The van der Waals surface area contributed by atoms with Gasteiger partial charge >= 0.3 is 6.03 Å². The van der Waals surface area contributed by atoms with E-state index in [-0.39, 0.29) is 30.3 Å². The van der Waals surface area contributed by atoms with Crippen LogP contribution in [0, 0.1) is 5.41 Å². The van der Waals surface area contributed by atoms with Gasteiger partial charge in [-0.1, -0.05) is 54.6 Å². The number of H-pyrrole nitrogens is 1. The van der Waals surface area contributed by atoms with Crippen LogP contribution in [-0.4, -0.2) is 61.9 Å². The van der Waals surface area contributed by atoms with Crippen molar-refractivity contribution in [1.82, 2.24) is 24.9 Å². The minimum atomic E-state index is -0.887. The van der Waals surface area contributed by atoms with E-state index in [9.17, 15) is 14.4 Å². The van der Waals surface area contributed by atoms with Gasteiger partial charge in [0.1, 0.15) is 0 Å². The molecule has 0 unspecified atom stereocenters. The third-order valence-electron chi connectivity index (χ3n) is 9.44. The van der Waals surface area contributed by atoms with E-state index >= 15 is 0 Å². The van der Waals surface area contributed by atoms with Gasteiger partial charge in [-0.15, -0.1) is 0 Å². The number of anilines is 1. The molecule has 4 heterocycles. The lowest BCUT2D eigenvalue weighted by molar-refractivity contribution is -0.148. The van der Waals surface area contributed by atoms with Crippen LogP contribution in [0.25, 0.3) is 10.9 Å². The smallest absolute Gasteiger partial charge is 0.322 e. The number of fused-ring (bicyclic) bond motifs is 4. The van der Waals surface area contributed by atoms with Crippen LogP contribution in [0.5, 0.6) is 0 Å². The molecule has 2 N–H and O–H groups in total. The molecule has 1 fully saturated rings. The zero-order valence-corrected chi connectivity index (χ0v) is 24.4. The monoisotopic (exact) mass is 576 g/mol. The topological polar surface area (TPSA) is 102 Å². The number of likely N-dealkylation sites (tertiary alicyclic amines) is 1. The molecule has 3 aliphatic rings. The van der Waals surface area contributed by atoms with Crippen molar-refractivity contribution in [2.24, 2.45) is 5.41 Å². The van der Waals surface area contributed by atoms with Crippen LogP contribution in [0.4, 0.5) is 10.5 Å². The highest BCUT2D eigenvalue weighted by atomic mass is 16.2. The van der Waals surface area contributed by atoms with E-state index in [4.69, 9.17) is 0 Å². The minimum absolute atomic E-state index is 0.00362. The summed E-state index contributed by atoms with van der Waals surface area (Å²) < 4.78 is 0. The maximum Gasteiger partial charge on any atom is 0.322 e.